The van der Waals surface area contributed by atoms with Crippen LogP contribution in [-0.2, 0) is 4.74 Å². The van der Waals surface area contributed by atoms with E-state index in [1.807, 2.05) is 6.92 Å². The van der Waals surface area contributed by atoms with Crippen LogP contribution in [0.25, 0.3) is 0 Å². The molecule has 0 spiro atoms. The predicted octanol–water partition coefficient (Wildman–Crippen LogP) is 2.07. The van der Waals surface area contributed by atoms with Crippen LogP contribution in [0.5, 0.6) is 0 Å². The molecule has 5 heteroatoms. The van der Waals surface area contributed by atoms with Crippen molar-refractivity contribution in [1.29, 1.82) is 0 Å². The van der Waals surface area contributed by atoms with Gasteiger partial charge >= 0.3 is 5.97 Å². The molecule has 5 nitrogen and oxygen atoms in total. The molecule has 98 valence electrons. The van der Waals surface area contributed by atoms with Gasteiger partial charge in [0.15, 0.2) is 0 Å². The largest absolute Gasteiger partial charge is 0.478 e. The summed E-state index contributed by atoms with van der Waals surface area (Å²) < 4.78 is 5.52. The number of nitrogens with zero attached hydrogens (tertiary/aromatic N) is 1. The van der Waals surface area contributed by atoms with Crippen molar-refractivity contribution in [3.05, 3.63) is 23.4 Å². The van der Waals surface area contributed by atoms with Gasteiger partial charge in [-0.2, -0.15) is 0 Å². The van der Waals surface area contributed by atoms with Crippen molar-refractivity contribution in [2.75, 3.05) is 18.5 Å². The summed E-state index contributed by atoms with van der Waals surface area (Å²) in [7, 11) is 0. The number of aryl methyl sites for hydroxylation is 1. The summed E-state index contributed by atoms with van der Waals surface area (Å²) >= 11 is 0. The average molecular weight is 250 g/mol. The van der Waals surface area contributed by atoms with Crippen molar-refractivity contribution < 1.29 is 14.6 Å². The molecule has 0 bridgehead atoms. The van der Waals surface area contributed by atoms with E-state index >= 15 is 0 Å². The van der Waals surface area contributed by atoms with Crippen molar-refractivity contribution in [2.45, 2.75) is 32.3 Å². The topological polar surface area (TPSA) is 71.5 Å². The van der Waals surface area contributed by atoms with E-state index in [9.17, 15) is 4.79 Å². The molecule has 1 unspecified atom stereocenters. The molecule has 1 aromatic rings. The third kappa shape index (κ3) is 3.20. The number of rotatable bonds is 5. The second kappa shape index (κ2) is 5.82. The van der Waals surface area contributed by atoms with Crippen LogP contribution in [0.1, 0.15) is 35.3 Å². The highest BCUT2D eigenvalue weighted by atomic mass is 16.5. The molecule has 1 fully saturated rings. The number of anilines is 1. The Hall–Kier alpha value is -1.62. The Morgan fingerprint density at radius 1 is 1.61 bits per heavy atom. The van der Waals surface area contributed by atoms with E-state index in [0.717, 1.165) is 31.6 Å². The van der Waals surface area contributed by atoms with Gasteiger partial charge in [-0.05, 0) is 38.3 Å². The lowest BCUT2D eigenvalue weighted by Crippen LogP contribution is -2.15. The fourth-order valence-electron chi connectivity index (χ4n) is 2.09. The highest BCUT2D eigenvalue weighted by molar-refractivity contribution is 5.93. The first-order valence-electron chi connectivity index (χ1n) is 6.23. The molecule has 1 saturated heterocycles. The Labute approximate surface area is 106 Å². The maximum atomic E-state index is 11.0. The third-order valence-electron chi connectivity index (χ3n) is 3.05. The minimum Gasteiger partial charge on any atom is -0.478 e. The van der Waals surface area contributed by atoms with Crippen LogP contribution >= 0.6 is 0 Å². The van der Waals surface area contributed by atoms with Gasteiger partial charge in [0, 0.05) is 18.8 Å². The molecule has 1 aromatic heterocycles. The van der Waals surface area contributed by atoms with E-state index in [1.54, 1.807) is 12.1 Å². The number of aromatic nitrogens is 1. The van der Waals surface area contributed by atoms with Crippen molar-refractivity contribution in [3.8, 4) is 0 Å². The van der Waals surface area contributed by atoms with E-state index in [1.165, 1.54) is 0 Å². The quantitative estimate of drug-likeness (QED) is 0.837. The summed E-state index contributed by atoms with van der Waals surface area (Å²) in [5.41, 5.74) is 1.02. The Morgan fingerprint density at radius 3 is 3.11 bits per heavy atom. The molecule has 0 saturated carbocycles. The summed E-state index contributed by atoms with van der Waals surface area (Å²) in [6, 6.07) is 3.29. The van der Waals surface area contributed by atoms with E-state index in [-0.39, 0.29) is 5.56 Å². The minimum atomic E-state index is -0.956. The third-order valence-corrected chi connectivity index (χ3v) is 3.05. The minimum absolute atomic E-state index is 0.216. The van der Waals surface area contributed by atoms with Gasteiger partial charge in [0.1, 0.15) is 11.4 Å². The summed E-state index contributed by atoms with van der Waals surface area (Å²) in [6.07, 6.45) is 3.40. The predicted molar refractivity (Wildman–Crippen MR) is 68.0 cm³/mol. The van der Waals surface area contributed by atoms with Crippen molar-refractivity contribution in [1.82, 2.24) is 4.98 Å². The number of hydrogen-bond acceptors (Lipinski definition) is 4. The van der Waals surface area contributed by atoms with Gasteiger partial charge in [0.2, 0.25) is 0 Å². The Kier molecular flexibility index (Phi) is 4.15. The van der Waals surface area contributed by atoms with E-state index in [2.05, 4.69) is 10.3 Å². The molecule has 1 aliphatic rings. The lowest BCUT2D eigenvalue weighted by Gasteiger charge is -2.12. The van der Waals surface area contributed by atoms with Gasteiger partial charge in [0.25, 0.3) is 0 Å². The SMILES string of the molecule is Cc1ccc(C(=O)O)c(NCCC2CCCO2)n1. The lowest BCUT2D eigenvalue weighted by molar-refractivity contribution is 0.0697. The first-order chi connectivity index (χ1) is 8.66. The van der Waals surface area contributed by atoms with Crippen LogP contribution in [0.4, 0.5) is 5.82 Å². The fourth-order valence-corrected chi connectivity index (χ4v) is 2.09. The zero-order valence-corrected chi connectivity index (χ0v) is 10.5. The van der Waals surface area contributed by atoms with Crippen LogP contribution in [-0.4, -0.2) is 35.3 Å². The van der Waals surface area contributed by atoms with Gasteiger partial charge < -0.3 is 15.2 Å². The number of nitrogens with one attached hydrogen (secondary N) is 1. The molecule has 18 heavy (non-hydrogen) atoms. The van der Waals surface area contributed by atoms with Crippen LogP contribution < -0.4 is 5.32 Å². The summed E-state index contributed by atoms with van der Waals surface area (Å²) in [5.74, 6) is -0.511. The average Bonchev–Trinajstić information content (AvgIpc) is 2.82. The fraction of sp³-hybridized carbons (Fsp3) is 0.538. The second-order valence-electron chi connectivity index (χ2n) is 4.50. The number of carbonyl (C=O) groups is 1. The molecule has 1 atom stereocenters. The normalized spacial score (nSPS) is 18.8. The number of hydrogen-bond donors (Lipinski definition) is 2. The smallest absolute Gasteiger partial charge is 0.339 e. The van der Waals surface area contributed by atoms with Gasteiger partial charge in [0.05, 0.1) is 6.10 Å². The van der Waals surface area contributed by atoms with Gasteiger partial charge in [-0.3, -0.25) is 0 Å². The lowest BCUT2D eigenvalue weighted by atomic mass is 10.2. The molecule has 0 aliphatic carbocycles. The number of carboxylic acid groups (broad SMARTS) is 1. The molecule has 0 amide bonds. The van der Waals surface area contributed by atoms with Crippen LogP contribution in [0.2, 0.25) is 0 Å². The van der Waals surface area contributed by atoms with Gasteiger partial charge in [-0.25, -0.2) is 9.78 Å². The van der Waals surface area contributed by atoms with Crippen molar-refractivity contribution >= 4 is 11.8 Å². The molecule has 2 rings (SSSR count). The standard InChI is InChI=1S/C13H18N2O3/c1-9-4-5-11(13(16)17)12(15-9)14-7-6-10-3-2-8-18-10/h4-5,10H,2-3,6-8H2,1H3,(H,14,15)(H,16,17). The summed E-state index contributed by atoms with van der Waals surface area (Å²) in [4.78, 5) is 15.3. The molecule has 0 radical (unpaired) electrons. The highest BCUT2D eigenvalue weighted by Crippen LogP contribution is 2.17. The van der Waals surface area contributed by atoms with Gasteiger partial charge in [-0.15, -0.1) is 0 Å². The molecular formula is C13H18N2O3. The maximum absolute atomic E-state index is 11.0. The number of aromatic carboxylic acids is 1. The second-order valence-corrected chi connectivity index (χ2v) is 4.50. The molecular weight excluding hydrogens is 232 g/mol. The molecule has 0 aromatic carbocycles. The highest BCUT2D eigenvalue weighted by Gasteiger charge is 2.16. The zero-order valence-electron chi connectivity index (χ0n) is 10.5. The van der Waals surface area contributed by atoms with Crippen molar-refractivity contribution in [3.63, 3.8) is 0 Å². The first-order valence-corrected chi connectivity index (χ1v) is 6.23. The van der Waals surface area contributed by atoms with Gasteiger partial charge in [-0.1, -0.05) is 0 Å². The van der Waals surface area contributed by atoms with Crippen LogP contribution in [0.15, 0.2) is 12.1 Å². The van der Waals surface area contributed by atoms with Crippen molar-refractivity contribution in [2.24, 2.45) is 0 Å². The summed E-state index contributed by atoms with van der Waals surface area (Å²) in [5, 5.41) is 12.2. The Bertz CT molecular complexity index is 428. The maximum Gasteiger partial charge on any atom is 0.339 e. The zero-order chi connectivity index (χ0) is 13.0. The monoisotopic (exact) mass is 250 g/mol. The van der Waals surface area contributed by atoms with E-state index in [0.29, 0.717) is 18.5 Å². The first kappa shape index (κ1) is 12.8. The molecule has 1 aliphatic heterocycles. The Balaban J connectivity index is 1.94. The number of carboxylic acids is 1. The number of ether oxygens (including phenoxy) is 1. The summed E-state index contributed by atoms with van der Waals surface area (Å²) in [6.45, 7) is 3.37. The van der Waals surface area contributed by atoms with E-state index < -0.39 is 5.97 Å². The number of pyridine rings is 1. The Morgan fingerprint density at radius 2 is 2.44 bits per heavy atom. The van der Waals surface area contributed by atoms with Crippen LogP contribution in [0, 0.1) is 6.92 Å². The molecule has 2 heterocycles. The van der Waals surface area contributed by atoms with E-state index in [4.69, 9.17) is 9.84 Å². The molecule has 2 N–H and O–H groups in total. The van der Waals surface area contributed by atoms with Crippen LogP contribution in [0.3, 0.4) is 0 Å².